The molecule has 1 nitrogen and oxygen atoms in total. The Hall–Kier alpha value is -1.26. The van der Waals surface area contributed by atoms with E-state index in [-0.39, 0.29) is 0 Å². The van der Waals surface area contributed by atoms with Crippen molar-refractivity contribution in [2.24, 2.45) is 5.92 Å². The monoisotopic (exact) mass is 201 g/mol. The van der Waals surface area contributed by atoms with Gasteiger partial charge in [0.05, 0.1) is 6.04 Å². The average Bonchev–Trinajstić information content (AvgIpc) is 2.18. The van der Waals surface area contributed by atoms with E-state index < -0.39 is 0 Å². The highest BCUT2D eigenvalue weighted by molar-refractivity contribution is 5.34. The summed E-state index contributed by atoms with van der Waals surface area (Å²) < 4.78 is 0. The Kier molecular flexibility index (Phi) is 4.39. The van der Waals surface area contributed by atoms with Crippen LogP contribution < -0.4 is 0 Å². The third kappa shape index (κ3) is 3.77. The lowest BCUT2D eigenvalue weighted by Gasteiger charge is -2.22. The Labute approximate surface area is 93.1 Å². The molecule has 1 atom stereocenters. The summed E-state index contributed by atoms with van der Waals surface area (Å²) in [4.78, 5) is 2.17. The van der Waals surface area contributed by atoms with Crippen molar-refractivity contribution in [1.82, 2.24) is 4.90 Å². The third-order valence-electron chi connectivity index (χ3n) is 2.33. The fourth-order valence-electron chi connectivity index (χ4n) is 1.57. The van der Waals surface area contributed by atoms with Gasteiger partial charge < -0.3 is 0 Å². The average molecular weight is 201 g/mol. The molecule has 0 amide bonds. The van der Waals surface area contributed by atoms with Crippen LogP contribution in [0.4, 0.5) is 0 Å². The van der Waals surface area contributed by atoms with Crippen LogP contribution >= 0.6 is 0 Å². The lowest BCUT2D eigenvalue weighted by Crippen LogP contribution is -2.31. The second-order valence-corrected chi connectivity index (χ2v) is 4.29. The minimum absolute atomic E-state index is 0.324. The molecule has 0 N–H and O–H groups in total. The highest BCUT2D eigenvalue weighted by Gasteiger charge is 2.11. The van der Waals surface area contributed by atoms with Crippen molar-refractivity contribution in [2.45, 2.75) is 19.9 Å². The SMILES string of the molecule is CC(C)[C@H](C#Cc1ccccc1)N(C)C. The summed E-state index contributed by atoms with van der Waals surface area (Å²) in [5.41, 5.74) is 1.09. The summed E-state index contributed by atoms with van der Waals surface area (Å²) in [7, 11) is 4.15. The summed E-state index contributed by atoms with van der Waals surface area (Å²) in [5.74, 6) is 7.08. The molecule has 0 aliphatic carbocycles. The molecule has 0 bridgehead atoms. The minimum atomic E-state index is 0.324. The largest absolute Gasteiger partial charge is 0.296 e. The van der Waals surface area contributed by atoms with Crippen molar-refractivity contribution in [3.8, 4) is 11.8 Å². The fourth-order valence-corrected chi connectivity index (χ4v) is 1.57. The van der Waals surface area contributed by atoms with E-state index in [9.17, 15) is 0 Å². The number of hydrogen-bond donors (Lipinski definition) is 0. The van der Waals surface area contributed by atoms with Crippen LogP contribution in [0.1, 0.15) is 19.4 Å². The first-order valence-corrected chi connectivity index (χ1v) is 5.34. The molecule has 1 aromatic rings. The molecular formula is C14H19N. The van der Waals surface area contributed by atoms with E-state index in [0.29, 0.717) is 12.0 Å². The summed E-state index contributed by atoms with van der Waals surface area (Å²) in [6, 6.07) is 10.5. The molecule has 0 radical (unpaired) electrons. The quantitative estimate of drug-likeness (QED) is 0.665. The van der Waals surface area contributed by atoms with Crippen LogP contribution in [-0.4, -0.2) is 25.0 Å². The van der Waals surface area contributed by atoms with Gasteiger partial charge in [-0.2, -0.15) is 0 Å². The van der Waals surface area contributed by atoms with Crippen molar-refractivity contribution in [3.63, 3.8) is 0 Å². The smallest absolute Gasteiger partial charge is 0.0736 e. The molecule has 0 unspecified atom stereocenters. The van der Waals surface area contributed by atoms with Crippen LogP contribution in [0, 0.1) is 17.8 Å². The summed E-state index contributed by atoms with van der Waals surface area (Å²) in [5, 5.41) is 0. The first-order chi connectivity index (χ1) is 7.11. The Morgan fingerprint density at radius 3 is 2.13 bits per heavy atom. The first-order valence-electron chi connectivity index (χ1n) is 5.34. The van der Waals surface area contributed by atoms with Gasteiger partial charge in [0, 0.05) is 5.56 Å². The molecule has 0 aliphatic heterocycles. The molecule has 0 saturated carbocycles. The topological polar surface area (TPSA) is 3.24 Å². The maximum Gasteiger partial charge on any atom is 0.0736 e. The summed E-state index contributed by atoms with van der Waals surface area (Å²) in [6.45, 7) is 4.40. The van der Waals surface area contributed by atoms with Gasteiger partial charge in [-0.15, -0.1) is 0 Å². The molecule has 80 valence electrons. The van der Waals surface area contributed by atoms with Crippen LogP contribution in [0.25, 0.3) is 0 Å². The van der Waals surface area contributed by atoms with Crippen LogP contribution in [0.3, 0.4) is 0 Å². The highest BCUT2D eigenvalue weighted by Crippen LogP contribution is 2.06. The highest BCUT2D eigenvalue weighted by atomic mass is 15.1. The lowest BCUT2D eigenvalue weighted by molar-refractivity contribution is 0.289. The van der Waals surface area contributed by atoms with Gasteiger partial charge in [-0.05, 0) is 32.1 Å². The van der Waals surface area contributed by atoms with Gasteiger partial charge in [0.1, 0.15) is 0 Å². The van der Waals surface area contributed by atoms with Crippen LogP contribution in [0.2, 0.25) is 0 Å². The molecule has 0 aliphatic rings. The van der Waals surface area contributed by atoms with Gasteiger partial charge in [0.2, 0.25) is 0 Å². The van der Waals surface area contributed by atoms with Crippen LogP contribution in [-0.2, 0) is 0 Å². The van der Waals surface area contributed by atoms with Crippen LogP contribution in [0.5, 0.6) is 0 Å². The maximum atomic E-state index is 3.31. The molecule has 1 aromatic carbocycles. The summed E-state index contributed by atoms with van der Waals surface area (Å²) >= 11 is 0. The van der Waals surface area contributed by atoms with Gasteiger partial charge in [-0.1, -0.05) is 43.9 Å². The molecular weight excluding hydrogens is 182 g/mol. The zero-order chi connectivity index (χ0) is 11.3. The number of hydrogen-bond acceptors (Lipinski definition) is 1. The van der Waals surface area contributed by atoms with Crippen molar-refractivity contribution in [3.05, 3.63) is 35.9 Å². The van der Waals surface area contributed by atoms with Crippen molar-refractivity contribution < 1.29 is 0 Å². The van der Waals surface area contributed by atoms with E-state index in [1.165, 1.54) is 0 Å². The van der Waals surface area contributed by atoms with Crippen molar-refractivity contribution in [1.29, 1.82) is 0 Å². The zero-order valence-corrected chi connectivity index (χ0v) is 9.99. The molecule has 1 rings (SSSR count). The predicted molar refractivity (Wildman–Crippen MR) is 65.6 cm³/mol. The van der Waals surface area contributed by atoms with E-state index in [2.05, 4.69) is 44.7 Å². The molecule has 0 spiro atoms. The molecule has 0 aromatic heterocycles. The number of nitrogens with zero attached hydrogens (tertiary/aromatic N) is 1. The standard InChI is InChI=1S/C14H19N/c1-12(2)14(15(3)4)11-10-13-8-6-5-7-9-13/h5-9,12,14H,1-4H3/t14-/m0/s1. The van der Waals surface area contributed by atoms with Gasteiger partial charge >= 0.3 is 0 Å². The third-order valence-corrected chi connectivity index (χ3v) is 2.33. The minimum Gasteiger partial charge on any atom is -0.296 e. The van der Waals surface area contributed by atoms with Gasteiger partial charge in [0.15, 0.2) is 0 Å². The van der Waals surface area contributed by atoms with Crippen molar-refractivity contribution >= 4 is 0 Å². The Balaban J connectivity index is 2.79. The molecule has 15 heavy (non-hydrogen) atoms. The molecule has 0 heterocycles. The Morgan fingerprint density at radius 2 is 1.67 bits per heavy atom. The second-order valence-electron chi connectivity index (χ2n) is 4.29. The van der Waals surface area contributed by atoms with Crippen molar-refractivity contribution in [2.75, 3.05) is 14.1 Å². The predicted octanol–water partition coefficient (Wildman–Crippen LogP) is 2.62. The van der Waals surface area contributed by atoms with E-state index >= 15 is 0 Å². The second kappa shape index (κ2) is 5.58. The maximum absolute atomic E-state index is 3.31. The number of rotatable bonds is 2. The molecule has 1 heteroatoms. The van der Waals surface area contributed by atoms with Gasteiger partial charge in [-0.3, -0.25) is 4.90 Å². The van der Waals surface area contributed by atoms with E-state index in [1.807, 2.05) is 30.3 Å². The van der Waals surface area contributed by atoms with Gasteiger partial charge in [0.25, 0.3) is 0 Å². The number of benzene rings is 1. The first kappa shape index (κ1) is 11.8. The van der Waals surface area contributed by atoms with Gasteiger partial charge in [-0.25, -0.2) is 0 Å². The molecule has 0 fully saturated rings. The zero-order valence-electron chi connectivity index (χ0n) is 9.99. The Morgan fingerprint density at radius 1 is 1.07 bits per heavy atom. The summed E-state index contributed by atoms with van der Waals surface area (Å²) in [6.07, 6.45) is 0. The molecule has 0 saturated heterocycles. The van der Waals surface area contributed by atoms with E-state index in [0.717, 1.165) is 5.56 Å². The Bertz CT molecular complexity index is 333. The van der Waals surface area contributed by atoms with Crippen LogP contribution in [0.15, 0.2) is 30.3 Å². The normalized spacial score (nSPS) is 12.4. The lowest BCUT2D eigenvalue weighted by atomic mass is 10.0. The van der Waals surface area contributed by atoms with E-state index in [1.54, 1.807) is 0 Å². The van der Waals surface area contributed by atoms with E-state index in [4.69, 9.17) is 0 Å². The fraction of sp³-hybridized carbons (Fsp3) is 0.429.